The van der Waals surface area contributed by atoms with E-state index >= 15 is 0 Å². The molecule has 2 heterocycles. The third-order valence-electron chi connectivity index (χ3n) is 7.22. The van der Waals surface area contributed by atoms with E-state index in [1.807, 2.05) is 36.4 Å². The molecule has 2 saturated heterocycles. The number of anilines is 1. The molecule has 206 valence electrons. The summed E-state index contributed by atoms with van der Waals surface area (Å²) in [5.74, 6) is 1.04. The van der Waals surface area contributed by atoms with Crippen molar-refractivity contribution in [3.63, 3.8) is 0 Å². The van der Waals surface area contributed by atoms with Crippen LogP contribution in [0.5, 0.6) is 0 Å². The van der Waals surface area contributed by atoms with Gasteiger partial charge in [0.1, 0.15) is 5.82 Å². The molecular weight excluding hydrogens is 517 g/mol. The maximum absolute atomic E-state index is 12.7. The van der Waals surface area contributed by atoms with E-state index in [1.165, 1.54) is 25.7 Å². The Morgan fingerprint density at radius 2 is 1.76 bits per heavy atom. The second-order valence-corrected chi connectivity index (χ2v) is 11.5. The Hall–Kier alpha value is -2.25. The van der Waals surface area contributed by atoms with E-state index in [2.05, 4.69) is 46.1 Å². The summed E-state index contributed by atoms with van der Waals surface area (Å²) < 4.78 is 0. The fraction of sp³-hybridized carbons (Fsp3) is 0.500. The fourth-order valence-corrected chi connectivity index (χ4v) is 5.81. The Bertz CT molecular complexity index is 1070. The topological polar surface area (TPSA) is 68.4 Å². The van der Waals surface area contributed by atoms with Crippen LogP contribution in [0, 0.1) is 0 Å². The molecule has 0 bridgehead atoms. The number of piperazine rings is 1. The molecule has 1 amide bonds. The van der Waals surface area contributed by atoms with Crippen molar-refractivity contribution in [3.8, 4) is 0 Å². The molecule has 0 spiro atoms. The second kappa shape index (κ2) is 14.2. The lowest BCUT2D eigenvalue weighted by molar-refractivity contribution is 0.0954. The molecule has 4 rings (SSSR count). The van der Waals surface area contributed by atoms with Gasteiger partial charge in [-0.05, 0) is 87.7 Å². The van der Waals surface area contributed by atoms with Crippen molar-refractivity contribution < 1.29 is 4.79 Å². The van der Waals surface area contributed by atoms with E-state index in [9.17, 15) is 4.79 Å². The van der Waals surface area contributed by atoms with Gasteiger partial charge in [0.2, 0.25) is 0 Å². The molecular formula is C30H41Cl2N5O. The average Bonchev–Trinajstić information content (AvgIpc) is 2.86. The number of carbonyl (C=O) groups is 1. The summed E-state index contributed by atoms with van der Waals surface area (Å²) in [5.41, 5.74) is 2.57. The van der Waals surface area contributed by atoms with Crippen LogP contribution < -0.4 is 21.3 Å². The van der Waals surface area contributed by atoms with Gasteiger partial charge in [-0.1, -0.05) is 48.5 Å². The molecule has 1 unspecified atom stereocenters. The number of carbonyl (C=O) groups excluding carboxylic acids is 1. The Kier molecular flexibility index (Phi) is 10.8. The zero-order valence-corrected chi connectivity index (χ0v) is 24.0. The van der Waals surface area contributed by atoms with Gasteiger partial charge in [0.15, 0.2) is 0 Å². The highest BCUT2D eigenvalue weighted by atomic mass is 35.5. The number of halogens is 2. The minimum absolute atomic E-state index is 0.0964. The van der Waals surface area contributed by atoms with E-state index in [-0.39, 0.29) is 5.91 Å². The van der Waals surface area contributed by atoms with Crippen molar-refractivity contribution in [2.45, 2.75) is 70.5 Å². The molecule has 0 radical (unpaired) electrons. The van der Waals surface area contributed by atoms with E-state index in [4.69, 9.17) is 23.2 Å². The average molecular weight is 559 g/mol. The van der Waals surface area contributed by atoms with Crippen LogP contribution in [-0.4, -0.2) is 55.1 Å². The smallest absolute Gasteiger partial charge is 0.251 e. The van der Waals surface area contributed by atoms with Crippen LogP contribution >= 0.6 is 23.2 Å². The highest BCUT2D eigenvalue weighted by Crippen LogP contribution is 2.22. The number of rotatable bonds is 8. The quantitative estimate of drug-likeness (QED) is 0.329. The standard InChI is InChI=1S/C30H41Cl2N5O/c1-21-19-37(20-22(2)35-21)29(18-27-7-5-3-4-6-15-33-27)36-26-12-9-24(10-13-26)30(38)34-16-14-23-8-11-25(31)17-28(23)32/h8-13,17-18,21-22,27,33,35-36H,3-7,14-16,19-20H2,1-2H3,(H,34,38)/b29-18-/t21-,22+,27?. The van der Waals surface area contributed by atoms with Crippen LogP contribution in [0.3, 0.4) is 0 Å². The Morgan fingerprint density at radius 3 is 2.50 bits per heavy atom. The zero-order chi connectivity index (χ0) is 26.9. The molecule has 2 aromatic carbocycles. The van der Waals surface area contributed by atoms with Gasteiger partial charge >= 0.3 is 0 Å². The summed E-state index contributed by atoms with van der Waals surface area (Å²) in [6.07, 6.45) is 9.30. The number of hydrogen-bond donors (Lipinski definition) is 4. The summed E-state index contributed by atoms with van der Waals surface area (Å²) in [7, 11) is 0. The van der Waals surface area contributed by atoms with Crippen LogP contribution in [0.4, 0.5) is 5.69 Å². The third kappa shape index (κ3) is 8.63. The normalized spacial score (nSPS) is 22.9. The van der Waals surface area contributed by atoms with Crippen molar-refractivity contribution in [1.29, 1.82) is 0 Å². The van der Waals surface area contributed by atoms with E-state index in [1.54, 1.807) is 6.07 Å². The van der Waals surface area contributed by atoms with E-state index in [0.717, 1.165) is 43.1 Å². The van der Waals surface area contributed by atoms with Crippen LogP contribution in [0.25, 0.3) is 0 Å². The summed E-state index contributed by atoms with van der Waals surface area (Å²) in [4.78, 5) is 15.2. The predicted octanol–water partition coefficient (Wildman–Crippen LogP) is 5.82. The molecule has 0 saturated carbocycles. The van der Waals surface area contributed by atoms with E-state index in [0.29, 0.717) is 46.7 Å². The van der Waals surface area contributed by atoms with Crippen LogP contribution in [0.2, 0.25) is 10.0 Å². The summed E-state index contributed by atoms with van der Waals surface area (Å²) in [6.45, 7) is 7.95. The zero-order valence-electron chi connectivity index (χ0n) is 22.5. The first-order chi connectivity index (χ1) is 18.4. The maximum Gasteiger partial charge on any atom is 0.251 e. The minimum atomic E-state index is -0.0964. The Labute approximate surface area is 237 Å². The number of nitrogens with one attached hydrogen (secondary N) is 4. The van der Waals surface area contributed by atoms with E-state index < -0.39 is 0 Å². The molecule has 38 heavy (non-hydrogen) atoms. The van der Waals surface area contributed by atoms with Gasteiger partial charge in [-0.25, -0.2) is 0 Å². The van der Waals surface area contributed by atoms with Gasteiger partial charge in [-0.2, -0.15) is 0 Å². The minimum Gasteiger partial charge on any atom is -0.355 e. The maximum atomic E-state index is 12.7. The lowest BCUT2D eigenvalue weighted by Crippen LogP contribution is -2.54. The second-order valence-electron chi connectivity index (χ2n) is 10.6. The number of hydrogen-bond acceptors (Lipinski definition) is 5. The number of nitrogens with zero attached hydrogens (tertiary/aromatic N) is 1. The van der Waals surface area contributed by atoms with Gasteiger partial charge in [-0.3, -0.25) is 4.79 Å². The largest absolute Gasteiger partial charge is 0.355 e. The van der Waals surface area contributed by atoms with Crippen LogP contribution in [-0.2, 0) is 6.42 Å². The molecule has 2 fully saturated rings. The van der Waals surface area contributed by atoms with Crippen molar-refractivity contribution in [2.75, 3.05) is 31.5 Å². The first-order valence-corrected chi connectivity index (χ1v) is 14.7. The lowest BCUT2D eigenvalue weighted by Gasteiger charge is -2.39. The van der Waals surface area contributed by atoms with Gasteiger partial charge in [0.05, 0.1) is 0 Å². The Balaban J connectivity index is 1.40. The molecule has 6 nitrogen and oxygen atoms in total. The molecule has 8 heteroatoms. The van der Waals surface area contributed by atoms with Crippen molar-refractivity contribution in [2.24, 2.45) is 0 Å². The molecule has 2 aliphatic rings. The molecule has 4 N–H and O–H groups in total. The van der Waals surface area contributed by atoms with Gasteiger partial charge in [0.25, 0.3) is 5.91 Å². The summed E-state index contributed by atoms with van der Waals surface area (Å²) >= 11 is 12.2. The number of benzene rings is 2. The molecule has 3 atom stereocenters. The van der Waals surface area contributed by atoms with Crippen molar-refractivity contribution in [3.05, 3.63) is 75.5 Å². The van der Waals surface area contributed by atoms with Gasteiger partial charge < -0.3 is 26.2 Å². The predicted molar refractivity (Wildman–Crippen MR) is 159 cm³/mol. The number of amides is 1. The molecule has 0 aliphatic carbocycles. The Morgan fingerprint density at radius 1 is 1.03 bits per heavy atom. The fourth-order valence-electron chi connectivity index (χ4n) is 5.30. The van der Waals surface area contributed by atoms with Crippen molar-refractivity contribution >= 4 is 34.8 Å². The molecule has 0 aromatic heterocycles. The van der Waals surface area contributed by atoms with Crippen LogP contribution in [0.1, 0.15) is 61.9 Å². The van der Waals surface area contributed by atoms with Gasteiger partial charge in [0, 0.05) is 59.1 Å². The van der Waals surface area contributed by atoms with Crippen molar-refractivity contribution in [1.82, 2.24) is 20.9 Å². The first kappa shape index (κ1) is 28.8. The molecule has 2 aliphatic heterocycles. The monoisotopic (exact) mass is 557 g/mol. The summed E-state index contributed by atoms with van der Waals surface area (Å²) in [5, 5.41) is 15.3. The molecule has 2 aromatic rings. The van der Waals surface area contributed by atoms with Gasteiger partial charge in [-0.15, -0.1) is 0 Å². The highest BCUT2D eigenvalue weighted by Gasteiger charge is 2.24. The third-order valence-corrected chi connectivity index (χ3v) is 7.81. The van der Waals surface area contributed by atoms with Crippen LogP contribution in [0.15, 0.2) is 54.4 Å². The highest BCUT2D eigenvalue weighted by molar-refractivity contribution is 6.35. The first-order valence-electron chi connectivity index (χ1n) is 13.9. The SMILES string of the molecule is C[C@@H]1CN(/C(=C\C2CCCCCCN2)Nc2ccc(C(=O)NCCc3ccc(Cl)cc3Cl)cc2)C[C@H](C)N1. The summed E-state index contributed by atoms with van der Waals surface area (Å²) in [6, 6.07) is 14.4. The lowest BCUT2D eigenvalue weighted by atomic mass is 10.0.